The number of likely N-dealkylation sites (N-methyl/N-ethyl adjacent to an activating group) is 1. The van der Waals surface area contributed by atoms with Gasteiger partial charge in [0.1, 0.15) is 6.04 Å². The van der Waals surface area contributed by atoms with Gasteiger partial charge in [-0.15, -0.1) is 5.10 Å². The van der Waals surface area contributed by atoms with Gasteiger partial charge < -0.3 is 16.0 Å². The average molecular weight is 235 g/mol. The molecular formula is C11H17N5O. The van der Waals surface area contributed by atoms with Crippen LogP contribution < -0.4 is 16.0 Å². The zero-order valence-electron chi connectivity index (χ0n) is 9.89. The van der Waals surface area contributed by atoms with Crippen LogP contribution >= 0.6 is 0 Å². The number of carbonyl (C=O) groups excluding carboxylic acids is 1. The van der Waals surface area contributed by atoms with Gasteiger partial charge in [0, 0.05) is 25.7 Å². The smallest absolute Gasteiger partial charge is 0.242 e. The predicted molar refractivity (Wildman–Crippen MR) is 64.4 cm³/mol. The second-order valence-electron chi connectivity index (χ2n) is 4.05. The van der Waals surface area contributed by atoms with Crippen molar-refractivity contribution in [3.8, 4) is 0 Å². The highest BCUT2D eigenvalue weighted by molar-refractivity contribution is 5.85. The van der Waals surface area contributed by atoms with Crippen LogP contribution in [0.4, 0.5) is 5.82 Å². The minimum Gasteiger partial charge on any atom is -0.357 e. The summed E-state index contributed by atoms with van der Waals surface area (Å²) in [5.74, 6) is 0.761. The van der Waals surface area contributed by atoms with E-state index >= 15 is 0 Å². The molecule has 0 radical (unpaired) electrons. The summed E-state index contributed by atoms with van der Waals surface area (Å²) in [5.41, 5.74) is 6.60. The molecule has 1 aromatic rings. The Balaban J connectivity index is 2.29. The number of carbonyl (C=O) groups is 1. The molecule has 1 saturated heterocycles. The van der Waals surface area contributed by atoms with Crippen molar-refractivity contribution in [2.45, 2.75) is 25.4 Å². The van der Waals surface area contributed by atoms with Crippen molar-refractivity contribution in [3.05, 3.63) is 17.8 Å². The maximum atomic E-state index is 11.8. The minimum atomic E-state index is -0.151. The van der Waals surface area contributed by atoms with E-state index in [1.165, 1.54) is 0 Å². The van der Waals surface area contributed by atoms with E-state index in [4.69, 9.17) is 5.73 Å². The second-order valence-corrected chi connectivity index (χ2v) is 4.05. The lowest BCUT2D eigenvalue weighted by Gasteiger charge is -2.25. The Kier molecular flexibility index (Phi) is 3.53. The van der Waals surface area contributed by atoms with Gasteiger partial charge in [-0.3, -0.25) is 4.79 Å². The Morgan fingerprint density at radius 1 is 1.71 bits per heavy atom. The lowest BCUT2D eigenvalue weighted by atomic mass is 10.2. The third-order valence-electron chi connectivity index (χ3n) is 3.08. The van der Waals surface area contributed by atoms with E-state index in [2.05, 4.69) is 15.5 Å². The number of nitrogens with zero attached hydrogens (tertiary/aromatic N) is 3. The molecule has 6 heteroatoms. The van der Waals surface area contributed by atoms with Gasteiger partial charge in [0.2, 0.25) is 5.91 Å². The zero-order valence-corrected chi connectivity index (χ0v) is 9.89. The van der Waals surface area contributed by atoms with Gasteiger partial charge in [-0.05, 0) is 18.9 Å². The largest absolute Gasteiger partial charge is 0.357 e. The van der Waals surface area contributed by atoms with E-state index in [0.717, 1.165) is 30.8 Å². The SMILES string of the molecule is CNC(=O)C1CCCN1c1nnccc1CN. The third-order valence-corrected chi connectivity index (χ3v) is 3.08. The predicted octanol–water partition coefficient (Wildman–Crippen LogP) is -0.350. The molecule has 1 unspecified atom stereocenters. The van der Waals surface area contributed by atoms with Crippen LogP contribution in [0.3, 0.4) is 0 Å². The minimum absolute atomic E-state index is 0.0242. The van der Waals surface area contributed by atoms with E-state index in [1.54, 1.807) is 13.2 Å². The Morgan fingerprint density at radius 2 is 2.53 bits per heavy atom. The molecular weight excluding hydrogens is 218 g/mol. The van der Waals surface area contributed by atoms with Gasteiger partial charge in [-0.2, -0.15) is 5.10 Å². The molecule has 3 N–H and O–H groups in total. The molecule has 17 heavy (non-hydrogen) atoms. The third kappa shape index (κ3) is 2.21. The van der Waals surface area contributed by atoms with Gasteiger partial charge >= 0.3 is 0 Å². The van der Waals surface area contributed by atoms with Crippen LogP contribution in [0.1, 0.15) is 18.4 Å². The van der Waals surface area contributed by atoms with Crippen molar-refractivity contribution in [1.29, 1.82) is 0 Å². The van der Waals surface area contributed by atoms with Gasteiger partial charge in [0.25, 0.3) is 0 Å². The first-order valence-electron chi connectivity index (χ1n) is 5.76. The zero-order chi connectivity index (χ0) is 12.3. The molecule has 0 aromatic carbocycles. The molecule has 0 aliphatic carbocycles. The molecule has 2 heterocycles. The van der Waals surface area contributed by atoms with Gasteiger partial charge in [-0.25, -0.2) is 0 Å². The van der Waals surface area contributed by atoms with Crippen molar-refractivity contribution in [2.24, 2.45) is 5.73 Å². The van der Waals surface area contributed by atoms with Crippen molar-refractivity contribution >= 4 is 11.7 Å². The van der Waals surface area contributed by atoms with Crippen LogP contribution in [0.5, 0.6) is 0 Å². The highest BCUT2D eigenvalue weighted by atomic mass is 16.2. The van der Waals surface area contributed by atoms with E-state index in [0.29, 0.717) is 6.54 Å². The Bertz CT molecular complexity index is 409. The first kappa shape index (κ1) is 11.8. The summed E-state index contributed by atoms with van der Waals surface area (Å²) in [5, 5.41) is 10.7. The molecule has 0 saturated carbocycles. The molecule has 2 rings (SSSR count). The summed E-state index contributed by atoms with van der Waals surface area (Å²) in [6, 6.07) is 1.70. The Morgan fingerprint density at radius 3 is 3.24 bits per heavy atom. The number of nitrogens with one attached hydrogen (secondary N) is 1. The lowest BCUT2D eigenvalue weighted by Crippen LogP contribution is -2.42. The summed E-state index contributed by atoms with van der Waals surface area (Å²) in [4.78, 5) is 13.8. The number of anilines is 1. The summed E-state index contributed by atoms with van der Waals surface area (Å²) < 4.78 is 0. The highest BCUT2D eigenvalue weighted by Gasteiger charge is 2.32. The van der Waals surface area contributed by atoms with Crippen LogP contribution in [-0.2, 0) is 11.3 Å². The second kappa shape index (κ2) is 5.09. The molecule has 1 aromatic heterocycles. The molecule has 92 valence electrons. The van der Waals surface area contributed by atoms with Crippen molar-refractivity contribution in [1.82, 2.24) is 15.5 Å². The number of hydrogen-bond donors (Lipinski definition) is 2. The van der Waals surface area contributed by atoms with Crippen LogP contribution in [0.25, 0.3) is 0 Å². The summed E-state index contributed by atoms with van der Waals surface area (Å²) in [6.45, 7) is 1.23. The fourth-order valence-corrected chi connectivity index (χ4v) is 2.21. The summed E-state index contributed by atoms with van der Waals surface area (Å²) >= 11 is 0. The quantitative estimate of drug-likeness (QED) is 0.748. The normalized spacial score (nSPS) is 19.4. The van der Waals surface area contributed by atoms with Crippen molar-refractivity contribution in [3.63, 3.8) is 0 Å². The number of amides is 1. The van der Waals surface area contributed by atoms with E-state index < -0.39 is 0 Å². The van der Waals surface area contributed by atoms with Crippen molar-refractivity contribution in [2.75, 3.05) is 18.5 Å². The highest BCUT2D eigenvalue weighted by Crippen LogP contribution is 2.26. The van der Waals surface area contributed by atoms with Crippen molar-refractivity contribution < 1.29 is 4.79 Å². The van der Waals surface area contributed by atoms with Crippen LogP contribution in [-0.4, -0.2) is 35.7 Å². The standard InChI is InChI=1S/C11H17N5O/c1-13-11(17)9-3-2-6-16(9)10-8(7-12)4-5-14-15-10/h4-5,9H,2-3,6-7,12H2,1H3,(H,13,17). The molecule has 1 aliphatic rings. The molecule has 1 amide bonds. The maximum Gasteiger partial charge on any atom is 0.242 e. The molecule has 1 aliphatic heterocycles. The number of hydrogen-bond acceptors (Lipinski definition) is 5. The molecule has 1 atom stereocenters. The van der Waals surface area contributed by atoms with Gasteiger partial charge in [0.05, 0.1) is 6.20 Å². The first-order chi connectivity index (χ1) is 8.27. The molecule has 6 nitrogen and oxygen atoms in total. The summed E-state index contributed by atoms with van der Waals surface area (Å²) in [6.07, 6.45) is 3.45. The van der Waals surface area contributed by atoms with Gasteiger partial charge in [-0.1, -0.05) is 0 Å². The fraction of sp³-hybridized carbons (Fsp3) is 0.545. The number of nitrogens with two attached hydrogens (primary N) is 1. The van der Waals surface area contributed by atoms with Gasteiger partial charge in [0.15, 0.2) is 5.82 Å². The van der Waals surface area contributed by atoms with Crippen LogP contribution in [0.15, 0.2) is 12.3 Å². The lowest BCUT2D eigenvalue weighted by molar-refractivity contribution is -0.121. The molecule has 1 fully saturated rings. The van der Waals surface area contributed by atoms with E-state index in [9.17, 15) is 4.79 Å². The maximum absolute atomic E-state index is 11.8. The fourth-order valence-electron chi connectivity index (χ4n) is 2.21. The first-order valence-corrected chi connectivity index (χ1v) is 5.76. The molecule has 0 spiro atoms. The summed E-state index contributed by atoms with van der Waals surface area (Å²) in [7, 11) is 1.65. The Hall–Kier alpha value is -1.69. The van der Waals surface area contributed by atoms with E-state index in [1.807, 2.05) is 11.0 Å². The average Bonchev–Trinajstić information content (AvgIpc) is 2.86. The topological polar surface area (TPSA) is 84.1 Å². The molecule has 0 bridgehead atoms. The monoisotopic (exact) mass is 235 g/mol. The Labute approximate surface area is 100 Å². The van der Waals surface area contributed by atoms with Crippen LogP contribution in [0, 0.1) is 0 Å². The van der Waals surface area contributed by atoms with E-state index in [-0.39, 0.29) is 11.9 Å². The number of rotatable bonds is 3. The van der Waals surface area contributed by atoms with Crippen LogP contribution in [0.2, 0.25) is 0 Å². The number of aromatic nitrogens is 2.